The SMILES string of the molecule is O=C(NCc1ccc(Cl)cc1)NC(Cn1nccn1)c1ccccc1. The molecule has 1 unspecified atom stereocenters. The third kappa shape index (κ3) is 5.06. The number of halogens is 1. The van der Waals surface area contributed by atoms with Gasteiger partial charge in [0.2, 0.25) is 0 Å². The van der Waals surface area contributed by atoms with E-state index in [1.54, 1.807) is 29.3 Å². The van der Waals surface area contributed by atoms with Gasteiger partial charge in [0.05, 0.1) is 25.0 Å². The maximum absolute atomic E-state index is 12.3. The van der Waals surface area contributed by atoms with Gasteiger partial charge in [0.1, 0.15) is 0 Å². The molecule has 7 heteroatoms. The van der Waals surface area contributed by atoms with Gasteiger partial charge in [-0.3, -0.25) is 0 Å². The summed E-state index contributed by atoms with van der Waals surface area (Å²) in [5.41, 5.74) is 1.96. The molecule has 2 amide bonds. The Morgan fingerprint density at radius 2 is 1.72 bits per heavy atom. The Bertz CT molecular complexity index is 790. The molecule has 3 aromatic rings. The van der Waals surface area contributed by atoms with Crippen molar-refractivity contribution in [3.8, 4) is 0 Å². The molecule has 2 N–H and O–H groups in total. The Balaban J connectivity index is 1.62. The van der Waals surface area contributed by atoms with Crippen molar-refractivity contribution >= 4 is 17.6 Å². The lowest BCUT2D eigenvalue weighted by atomic mass is 10.1. The second kappa shape index (κ2) is 8.30. The number of hydrogen-bond donors (Lipinski definition) is 2. The summed E-state index contributed by atoms with van der Waals surface area (Å²) >= 11 is 5.86. The fourth-order valence-corrected chi connectivity index (χ4v) is 2.54. The van der Waals surface area contributed by atoms with Crippen molar-refractivity contribution in [2.24, 2.45) is 0 Å². The molecule has 0 saturated heterocycles. The third-order valence-corrected chi connectivity index (χ3v) is 3.94. The number of nitrogens with one attached hydrogen (secondary N) is 2. The van der Waals surface area contributed by atoms with Crippen LogP contribution >= 0.6 is 11.6 Å². The van der Waals surface area contributed by atoms with E-state index in [1.165, 1.54) is 0 Å². The van der Waals surface area contributed by atoms with Gasteiger partial charge in [-0.25, -0.2) is 4.79 Å². The van der Waals surface area contributed by atoms with Gasteiger partial charge >= 0.3 is 6.03 Å². The standard InChI is InChI=1S/C18H18ClN5O/c19-16-8-6-14(7-9-16)12-20-18(25)23-17(13-24-21-10-11-22-24)15-4-2-1-3-5-15/h1-11,17H,12-13H2,(H2,20,23,25). The molecule has 0 spiro atoms. The zero-order valence-corrected chi connectivity index (χ0v) is 14.2. The summed E-state index contributed by atoms with van der Waals surface area (Å²) in [6.07, 6.45) is 3.23. The molecule has 0 radical (unpaired) electrons. The summed E-state index contributed by atoms with van der Waals surface area (Å²) < 4.78 is 0. The summed E-state index contributed by atoms with van der Waals surface area (Å²) in [6, 6.07) is 16.6. The number of amides is 2. The summed E-state index contributed by atoms with van der Waals surface area (Å²) in [4.78, 5) is 13.8. The molecule has 6 nitrogen and oxygen atoms in total. The van der Waals surface area contributed by atoms with E-state index in [1.807, 2.05) is 42.5 Å². The highest BCUT2D eigenvalue weighted by molar-refractivity contribution is 6.30. The molecular weight excluding hydrogens is 338 g/mol. The van der Waals surface area contributed by atoms with Crippen LogP contribution in [0.15, 0.2) is 67.0 Å². The van der Waals surface area contributed by atoms with Crippen molar-refractivity contribution in [3.05, 3.63) is 83.1 Å². The Morgan fingerprint density at radius 3 is 2.40 bits per heavy atom. The number of hydrogen-bond acceptors (Lipinski definition) is 3. The van der Waals surface area contributed by atoms with E-state index in [0.717, 1.165) is 11.1 Å². The van der Waals surface area contributed by atoms with Crippen molar-refractivity contribution < 1.29 is 4.79 Å². The molecule has 0 saturated carbocycles. The van der Waals surface area contributed by atoms with Crippen LogP contribution in [0.3, 0.4) is 0 Å². The van der Waals surface area contributed by atoms with Crippen LogP contribution in [0.25, 0.3) is 0 Å². The zero-order valence-electron chi connectivity index (χ0n) is 13.5. The number of benzene rings is 2. The molecule has 0 aliphatic heterocycles. The van der Waals surface area contributed by atoms with E-state index < -0.39 is 0 Å². The van der Waals surface area contributed by atoms with Crippen LogP contribution in [0.1, 0.15) is 17.2 Å². The monoisotopic (exact) mass is 355 g/mol. The van der Waals surface area contributed by atoms with Crippen LogP contribution in [-0.2, 0) is 13.1 Å². The summed E-state index contributed by atoms with van der Waals surface area (Å²) in [5, 5.41) is 14.7. The molecule has 0 aliphatic carbocycles. The number of nitrogens with zero attached hydrogens (tertiary/aromatic N) is 3. The van der Waals surface area contributed by atoms with Crippen molar-refractivity contribution in [2.75, 3.05) is 0 Å². The Hall–Kier alpha value is -2.86. The first-order valence-electron chi connectivity index (χ1n) is 7.88. The molecular formula is C18H18ClN5O. The van der Waals surface area contributed by atoms with E-state index in [2.05, 4.69) is 20.8 Å². The highest BCUT2D eigenvalue weighted by Gasteiger charge is 2.15. The molecule has 25 heavy (non-hydrogen) atoms. The molecule has 0 aliphatic rings. The van der Waals surface area contributed by atoms with Gasteiger partial charge in [0.25, 0.3) is 0 Å². The maximum atomic E-state index is 12.3. The molecule has 1 heterocycles. The van der Waals surface area contributed by atoms with Crippen LogP contribution < -0.4 is 10.6 Å². The average Bonchev–Trinajstić information content (AvgIpc) is 3.15. The molecule has 0 fully saturated rings. The molecule has 2 aromatic carbocycles. The number of urea groups is 1. The van der Waals surface area contributed by atoms with Crippen LogP contribution in [0.5, 0.6) is 0 Å². The van der Waals surface area contributed by atoms with Gasteiger partial charge in [-0.2, -0.15) is 15.0 Å². The molecule has 0 bridgehead atoms. The van der Waals surface area contributed by atoms with E-state index in [0.29, 0.717) is 18.1 Å². The Labute approximate surface area is 150 Å². The van der Waals surface area contributed by atoms with E-state index in [-0.39, 0.29) is 12.1 Å². The van der Waals surface area contributed by atoms with E-state index in [9.17, 15) is 4.79 Å². The molecule has 1 atom stereocenters. The van der Waals surface area contributed by atoms with Crippen molar-refractivity contribution in [1.82, 2.24) is 25.6 Å². The number of carbonyl (C=O) groups excluding carboxylic acids is 1. The second-order valence-electron chi connectivity index (χ2n) is 5.50. The third-order valence-electron chi connectivity index (χ3n) is 3.69. The average molecular weight is 356 g/mol. The predicted octanol–water partition coefficient (Wildman–Crippen LogP) is 3.17. The van der Waals surface area contributed by atoms with Crippen LogP contribution in [-0.4, -0.2) is 21.0 Å². The fraction of sp³-hybridized carbons (Fsp3) is 0.167. The number of aromatic nitrogens is 3. The normalized spacial score (nSPS) is 11.7. The zero-order chi connectivity index (χ0) is 17.5. The summed E-state index contributed by atoms with van der Waals surface area (Å²) in [5.74, 6) is 0. The first-order chi connectivity index (χ1) is 12.2. The maximum Gasteiger partial charge on any atom is 0.315 e. The van der Waals surface area contributed by atoms with Crippen LogP contribution in [0, 0.1) is 0 Å². The van der Waals surface area contributed by atoms with Gasteiger partial charge in [0, 0.05) is 11.6 Å². The van der Waals surface area contributed by atoms with Gasteiger partial charge in [-0.15, -0.1) is 0 Å². The van der Waals surface area contributed by atoms with Gasteiger partial charge < -0.3 is 10.6 Å². The van der Waals surface area contributed by atoms with Crippen molar-refractivity contribution in [2.45, 2.75) is 19.1 Å². The van der Waals surface area contributed by atoms with Crippen molar-refractivity contribution in [3.63, 3.8) is 0 Å². The van der Waals surface area contributed by atoms with Gasteiger partial charge in [-0.1, -0.05) is 54.1 Å². The lowest BCUT2D eigenvalue weighted by Crippen LogP contribution is -2.39. The number of rotatable bonds is 6. The highest BCUT2D eigenvalue weighted by atomic mass is 35.5. The van der Waals surface area contributed by atoms with Gasteiger partial charge in [0.15, 0.2) is 0 Å². The first-order valence-corrected chi connectivity index (χ1v) is 8.26. The minimum atomic E-state index is -0.254. The summed E-state index contributed by atoms with van der Waals surface area (Å²) in [6.45, 7) is 0.871. The minimum Gasteiger partial charge on any atom is -0.334 e. The first kappa shape index (κ1) is 17.0. The van der Waals surface area contributed by atoms with Crippen molar-refractivity contribution in [1.29, 1.82) is 0 Å². The van der Waals surface area contributed by atoms with Crippen LogP contribution in [0.2, 0.25) is 5.02 Å². The fourth-order valence-electron chi connectivity index (χ4n) is 2.41. The second-order valence-corrected chi connectivity index (χ2v) is 5.94. The minimum absolute atomic E-state index is 0.237. The Morgan fingerprint density at radius 1 is 1.04 bits per heavy atom. The quantitative estimate of drug-likeness (QED) is 0.713. The topological polar surface area (TPSA) is 71.8 Å². The predicted molar refractivity (Wildman–Crippen MR) is 96.0 cm³/mol. The molecule has 3 rings (SSSR count). The molecule has 1 aromatic heterocycles. The summed E-state index contributed by atoms with van der Waals surface area (Å²) in [7, 11) is 0. The van der Waals surface area contributed by atoms with Gasteiger partial charge in [-0.05, 0) is 23.3 Å². The van der Waals surface area contributed by atoms with E-state index >= 15 is 0 Å². The lowest BCUT2D eigenvalue weighted by molar-refractivity contribution is 0.234. The lowest BCUT2D eigenvalue weighted by Gasteiger charge is -2.19. The highest BCUT2D eigenvalue weighted by Crippen LogP contribution is 2.14. The van der Waals surface area contributed by atoms with E-state index in [4.69, 9.17) is 11.6 Å². The van der Waals surface area contributed by atoms with Crippen LogP contribution in [0.4, 0.5) is 4.79 Å². The molecule has 128 valence electrons. The number of carbonyl (C=O) groups is 1. The smallest absolute Gasteiger partial charge is 0.315 e. The Kier molecular flexibility index (Phi) is 5.64. The largest absolute Gasteiger partial charge is 0.334 e.